The molecule has 2 nitrogen and oxygen atoms in total. The van der Waals surface area contributed by atoms with Crippen molar-refractivity contribution in [1.29, 1.82) is 0 Å². The lowest BCUT2D eigenvalue weighted by atomic mass is 10.1. The molecule has 0 saturated heterocycles. The fourth-order valence-electron chi connectivity index (χ4n) is 2.51. The van der Waals surface area contributed by atoms with Gasteiger partial charge in [-0.3, -0.25) is 0 Å². The van der Waals surface area contributed by atoms with E-state index in [1.165, 1.54) is 23.3 Å². The van der Waals surface area contributed by atoms with E-state index >= 15 is 0 Å². The van der Waals surface area contributed by atoms with E-state index in [0.29, 0.717) is 6.61 Å². The van der Waals surface area contributed by atoms with E-state index in [4.69, 9.17) is 22.1 Å². The van der Waals surface area contributed by atoms with Crippen molar-refractivity contribution in [3.8, 4) is 5.75 Å². The van der Waals surface area contributed by atoms with Crippen LogP contribution < -0.4 is 10.5 Å². The van der Waals surface area contributed by atoms with Crippen LogP contribution in [0.5, 0.6) is 5.75 Å². The number of fused-ring (bicyclic) bond motifs is 1. The minimum absolute atomic E-state index is 0.125. The van der Waals surface area contributed by atoms with Crippen molar-refractivity contribution >= 4 is 11.6 Å². The highest BCUT2D eigenvalue weighted by Crippen LogP contribution is 2.32. The first kappa shape index (κ1) is 13.4. The summed E-state index contributed by atoms with van der Waals surface area (Å²) >= 11 is 5.65. The number of halogens is 2. The van der Waals surface area contributed by atoms with Crippen LogP contribution in [0.25, 0.3) is 0 Å². The third-order valence-electron chi connectivity index (χ3n) is 3.63. The van der Waals surface area contributed by atoms with E-state index in [2.05, 4.69) is 0 Å². The molecule has 0 aromatic heterocycles. The quantitative estimate of drug-likeness (QED) is 0.927. The van der Waals surface area contributed by atoms with Crippen LogP contribution in [0.2, 0.25) is 5.02 Å². The molecule has 0 saturated carbocycles. The van der Waals surface area contributed by atoms with Gasteiger partial charge < -0.3 is 10.5 Å². The smallest absolute Gasteiger partial charge is 0.142 e. The lowest BCUT2D eigenvalue weighted by Crippen LogP contribution is -2.05. The monoisotopic (exact) mass is 291 g/mol. The molecule has 0 aliphatic heterocycles. The molecule has 20 heavy (non-hydrogen) atoms. The molecule has 0 heterocycles. The van der Waals surface area contributed by atoms with Gasteiger partial charge in [-0.05, 0) is 53.8 Å². The fraction of sp³-hybridized carbons (Fsp3) is 0.250. The minimum atomic E-state index is -0.423. The van der Waals surface area contributed by atoms with Gasteiger partial charge in [0.1, 0.15) is 18.2 Å². The Morgan fingerprint density at radius 1 is 1.25 bits per heavy atom. The van der Waals surface area contributed by atoms with Crippen LogP contribution in [0.1, 0.15) is 29.2 Å². The number of benzene rings is 2. The van der Waals surface area contributed by atoms with Gasteiger partial charge in [0.2, 0.25) is 0 Å². The Kier molecular flexibility index (Phi) is 3.64. The first-order chi connectivity index (χ1) is 9.63. The van der Waals surface area contributed by atoms with Crippen molar-refractivity contribution in [2.45, 2.75) is 25.5 Å². The summed E-state index contributed by atoms with van der Waals surface area (Å²) in [6.45, 7) is 0.318. The molecule has 3 rings (SSSR count). The molecule has 1 aliphatic carbocycles. The lowest BCUT2D eigenvalue weighted by Gasteiger charge is -2.09. The van der Waals surface area contributed by atoms with E-state index in [1.54, 1.807) is 6.07 Å². The number of ether oxygens (including phenoxy) is 1. The van der Waals surface area contributed by atoms with Crippen LogP contribution in [-0.2, 0) is 13.0 Å². The Bertz CT molecular complexity index is 644. The number of rotatable bonds is 3. The summed E-state index contributed by atoms with van der Waals surface area (Å²) in [5.41, 5.74) is 9.20. The van der Waals surface area contributed by atoms with Gasteiger partial charge in [-0.25, -0.2) is 4.39 Å². The van der Waals surface area contributed by atoms with Gasteiger partial charge in [-0.2, -0.15) is 0 Å². The van der Waals surface area contributed by atoms with Gasteiger partial charge in [-0.15, -0.1) is 0 Å². The molecule has 0 spiro atoms. The normalized spacial score (nSPS) is 17.1. The number of nitrogens with two attached hydrogens (primary N) is 1. The fourth-order valence-corrected chi connectivity index (χ4v) is 2.63. The van der Waals surface area contributed by atoms with E-state index in [-0.39, 0.29) is 11.1 Å². The maximum absolute atomic E-state index is 13.3. The van der Waals surface area contributed by atoms with Gasteiger partial charge >= 0.3 is 0 Å². The van der Waals surface area contributed by atoms with Gasteiger partial charge in [0.25, 0.3) is 0 Å². The predicted octanol–water partition coefficient (Wildman–Crippen LogP) is 4.00. The first-order valence-corrected chi connectivity index (χ1v) is 6.96. The van der Waals surface area contributed by atoms with E-state index in [0.717, 1.165) is 24.2 Å². The second-order valence-electron chi connectivity index (χ2n) is 5.04. The van der Waals surface area contributed by atoms with Crippen LogP contribution in [0.15, 0.2) is 36.4 Å². The zero-order chi connectivity index (χ0) is 14.1. The van der Waals surface area contributed by atoms with Crippen molar-refractivity contribution in [2.75, 3.05) is 0 Å². The molecule has 2 N–H and O–H groups in total. The predicted molar refractivity (Wildman–Crippen MR) is 77.4 cm³/mol. The molecular formula is C16H15ClFNO. The molecule has 4 heteroatoms. The Morgan fingerprint density at radius 3 is 2.90 bits per heavy atom. The SMILES string of the molecule is NC1CCc2cc(OCc3ccc(Cl)c(F)c3)ccc21. The second kappa shape index (κ2) is 5.43. The number of hydrogen-bond acceptors (Lipinski definition) is 2. The maximum Gasteiger partial charge on any atom is 0.142 e. The maximum atomic E-state index is 13.3. The van der Waals surface area contributed by atoms with Gasteiger partial charge in [0, 0.05) is 6.04 Å². The molecule has 1 atom stereocenters. The first-order valence-electron chi connectivity index (χ1n) is 6.58. The molecule has 1 unspecified atom stereocenters. The highest BCUT2D eigenvalue weighted by molar-refractivity contribution is 6.30. The summed E-state index contributed by atoms with van der Waals surface area (Å²) in [5, 5.41) is 0.125. The Balaban J connectivity index is 1.71. The zero-order valence-electron chi connectivity index (χ0n) is 10.9. The van der Waals surface area contributed by atoms with E-state index in [9.17, 15) is 4.39 Å². The standard InChI is InChI=1S/C16H15ClFNO/c17-14-5-1-10(7-15(14)18)9-20-12-3-4-13-11(8-12)2-6-16(13)19/h1,3-5,7-8,16H,2,6,9,19H2. The van der Waals surface area contributed by atoms with Crippen LogP contribution in [0.3, 0.4) is 0 Å². The van der Waals surface area contributed by atoms with Crippen LogP contribution in [-0.4, -0.2) is 0 Å². The Labute approximate surface area is 122 Å². The van der Waals surface area contributed by atoms with Crippen LogP contribution in [0.4, 0.5) is 4.39 Å². The third kappa shape index (κ3) is 2.65. The highest BCUT2D eigenvalue weighted by Gasteiger charge is 2.19. The Hall–Kier alpha value is -1.58. The van der Waals surface area contributed by atoms with E-state index in [1.807, 2.05) is 18.2 Å². The summed E-state index contributed by atoms with van der Waals surface area (Å²) < 4.78 is 19.0. The largest absolute Gasteiger partial charge is 0.489 e. The minimum Gasteiger partial charge on any atom is -0.489 e. The average Bonchev–Trinajstić information content (AvgIpc) is 2.81. The summed E-state index contributed by atoms with van der Waals surface area (Å²) in [6, 6.07) is 10.8. The van der Waals surface area contributed by atoms with Crippen molar-refractivity contribution in [3.05, 3.63) is 63.9 Å². The summed E-state index contributed by atoms with van der Waals surface area (Å²) in [4.78, 5) is 0. The Morgan fingerprint density at radius 2 is 2.10 bits per heavy atom. The molecule has 0 amide bonds. The topological polar surface area (TPSA) is 35.2 Å². The van der Waals surface area contributed by atoms with Crippen molar-refractivity contribution < 1.29 is 9.13 Å². The third-order valence-corrected chi connectivity index (χ3v) is 3.93. The van der Waals surface area contributed by atoms with Gasteiger partial charge in [0.05, 0.1) is 5.02 Å². The molecule has 2 aromatic rings. The highest BCUT2D eigenvalue weighted by atomic mass is 35.5. The second-order valence-corrected chi connectivity index (χ2v) is 5.45. The molecule has 0 bridgehead atoms. The average molecular weight is 292 g/mol. The van der Waals surface area contributed by atoms with E-state index < -0.39 is 5.82 Å². The molecule has 2 aromatic carbocycles. The van der Waals surface area contributed by atoms with Crippen molar-refractivity contribution in [1.82, 2.24) is 0 Å². The van der Waals surface area contributed by atoms with Gasteiger partial charge in [0.15, 0.2) is 0 Å². The summed E-state index contributed by atoms with van der Waals surface area (Å²) in [7, 11) is 0. The number of aryl methyl sites for hydroxylation is 1. The van der Waals surface area contributed by atoms with Gasteiger partial charge in [-0.1, -0.05) is 23.7 Å². The van der Waals surface area contributed by atoms with Crippen molar-refractivity contribution in [2.24, 2.45) is 5.73 Å². The lowest BCUT2D eigenvalue weighted by molar-refractivity contribution is 0.305. The van der Waals surface area contributed by atoms with Crippen molar-refractivity contribution in [3.63, 3.8) is 0 Å². The summed E-state index contributed by atoms with van der Waals surface area (Å²) in [6.07, 6.45) is 1.98. The molecule has 0 fully saturated rings. The zero-order valence-corrected chi connectivity index (χ0v) is 11.7. The molecule has 0 radical (unpaired) electrons. The molecule has 104 valence electrons. The summed E-state index contributed by atoms with van der Waals surface area (Å²) in [5.74, 6) is 0.362. The van der Waals surface area contributed by atoms with Crippen LogP contribution in [0, 0.1) is 5.82 Å². The molecule has 1 aliphatic rings. The van der Waals surface area contributed by atoms with Crippen LogP contribution >= 0.6 is 11.6 Å². The molecular weight excluding hydrogens is 277 g/mol. The number of hydrogen-bond donors (Lipinski definition) is 1.